The van der Waals surface area contributed by atoms with Crippen LogP contribution in [0.1, 0.15) is 44.2 Å². The molecule has 1 aliphatic rings. The lowest BCUT2D eigenvalue weighted by molar-refractivity contribution is -0.00920. The molecule has 2 N–H and O–H groups in total. The monoisotopic (exact) mass is 307 g/mol. The summed E-state index contributed by atoms with van der Waals surface area (Å²) in [6.45, 7) is 5.23. The molecule has 2 atom stereocenters. The average Bonchev–Trinajstić information content (AvgIpc) is 2.43. The second-order valence-electron chi connectivity index (χ2n) is 6.25. The zero-order valence-electron chi connectivity index (χ0n) is 13.1. The van der Waals surface area contributed by atoms with Gasteiger partial charge in [-0.15, -0.1) is 0 Å². The Labute approximate surface area is 132 Å². The molecule has 4 heteroatoms. The summed E-state index contributed by atoms with van der Waals surface area (Å²) in [7, 11) is 1.63. The van der Waals surface area contributed by atoms with Gasteiger partial charge in [0.15, 0.2) is 0 Å². The summed E-state index contributed by atoms with van der Waals surface area (Å²) in [4.78, 5) is 0.356. The summed E-state index contributed by atoms with van der Waals surface area (Å²) >= 11 is 5.02. The van der Waals surface area contributed by atoms with Crippen molar-refractivity contribution in [1.29, 1.82) is 0 Å². The first-order valence-electron chi connectivity index (χ1n) is 7.58. The Kier molecular flexibility index (Phi) is 5.59. The molecule has 1 aromatic carbocycles. The van der Waals surface area contributed by atoms with Gasteiger partial charge in [-0.05, 0) is 48.8 Å². The Bertz CT molecular complexity index is 494. The fourth-order valence-electron chi connectivity index (χ4n) is 3.25. The van der Waals surface area contributed by atoms with E-state index in [0.29, 0.717) is 23.4 Å². The van der Waals surface area contributed by atoms with Crippen LogP contribution < -0.4 is 10.5 Å². The molecule has 0 heterocycles. The zero-order valence-corrected chi connectivity index (χ0v) is 13.9. The van der Waals surface area contributed by atoms with Crippen molar-refractivity contribution in [2.75, 3.05) is 7.11 Å². The van der Waals surface area contributed by atoms with E-state index < -0.39 is 0 Å². The Morgan fingerprint density at radius 1 is 1.24 bits per heavy atom. The molecule has 0 bridgehead atoms. The van der Waals surface area contributed by atoms with Gasteiger partial charge in [0.05, 0.1) is 25.4 Å². The van der Waals surface area contributed by atoms with Crippen LogP contribution >= 0.6 is 12.2 Å². The molecule has 0 radical (unpaired) electrons. The van der Waals surface area contributed by atoms with Gasteiger partial charge in [-0.1, -0.05) is 32.1 Å². The third-order valence-electron chi connectivity index (χ3n) is 4.15. The molecule has 0 aromatic heterocycles. The van der Waals surface area contributed by atoms with E-state index in [-0.39, 0.29) is 0 Å². The number of benzene rings is 1. The maximum absolute atomic E-state index is 6.09. The highest BCUT2D eigenvalue weighted by atomic mass is 32.1. The van der Waals surface area contributed by atoms with Gasteiger partial charge in [-0.2, -0.15) is 0 Å². The molecule has 0 amide bonds. The van der Waals surface area contributed by atoms with Crippen LogP contribution in [0.25, 0.3) is 0 Å². The number of rotatable bonds is 5. The summed E-state index contributed by atoms with van der Waals surface area (Å²) in [6.07, 6.45) is 4.00. The third-order valence-corrected chi connectivity index (χ3v) is 4.37. The van der Waals surface area contributed by atoms with E-state index in [1.807, 2.05) is 18.2 Å². The molecule has 1 aliphatic carbocycles. The molecular weight excluding hydrogens is 282 g/mol. The van der Waals surface area contributed by atoms with Crippen LogP contribution in [0.3, 0.4) is 0 Å². The number of methoxy groups -OCH3 is 1. The summed E-state index contributed by atoms with van der Waals surface area (Å²) in [5.41, 5.74) is 7.55. The molecule has 1 fully saturated rings. The van der Waals surface area contributed by atoms with Gasteiger partial charge in [0.25, 0.3) is 0 Å². The molecule has 21 heavy (non-hydrogen) atoms. The average molecular weight is 307 g/mol. The fourth-order valence-corrected chi connectivity index (χ4v) is 3.42. The Morgan fingerprint density at radius 3 is 2.48 bits per heavy atom. The highest BCUT2D eigenvalue weighted by Gasteiger charge is 2.24. The lowest BCUT2D eigenvalue weighted by Gasteiger charge is -2.31. The van der Waals surface area contributed by atoms with E-state index in [2.05, 4.69) is 13.8 Å². The van der Waals surface area contributed by atoms with E-state index in [4.69, 9.17) is 27.4 Å². The number of nitrogens with two attached hydrogens (primary N) is 1. The van der Waals surface area contributed by atoms with Gasteiger partial charge in [0.2, 0.25) is 0 Å². The second-order valence-corrected chi connectivity index (χ2v) is 6.69. The maximum Gasteiger partial charge on any atom is 0.129 e. The minimum Gasteiger partial charge on any atom is -0.496 e. The third kappa shape index (κ3) is 4.42. The van der Waals surface area contributed by atoms with Crippen LogP contribution in [0.15, 0.2) is 18.2 Å². The van der Waals surface area contributed by atoms with Crippen LogP contribution in [-0.4, -0.2) is 18.2 Å². The van der Waals surface area contributed by atoms with Crippen LogP contribution in [0, 0.1) is 11.8 Å². The lowest BCUT2D eigenvalue weighted by Crippen LogP contribution is -2.26. The van der Waals surface area contributed by atoms with Crippen molar-refractivity contribution in [2.45, 2.75) is 45.8 Å². The molecule has 2 rings (SSSR count). The zero-order chi connectivity index (χ0) is 15.4. The minimum absolute atomic E-state index is 0.356. The number of hydrogen-bond donors (Lipinski definition) is 1. The van der Waals surface area contributed by atoms with Crippen LogP contribution in [0.5, 0.6) is 5.75 Å². The Morgan fingerprint density at radius 2 is 1.90 bits per heavy atom. The topological polar surface area (TPSA) is 44.5 Å². The quantitative estimate of drug-likeness (QED) is 0.843. The first-order valence-corrected chi connectivity index (χ1v) is 7.98. The lowest BCUT2D eigenvalue weighted by atomic mass is 9.82. The summed E-state index contributed by atoms with van der Waals surface area (Å²) in [5, 5.41) is 0. The van der Waals surface area contributed by atoms with Crippen molar-refractivity contribution in [2.24, 2.45) is 17.6 Å². The largest absolute Gasteiger partial charge is 0.496 e. The predicted molar refractivity (Wildman–Crippen MR) is 89.6 cm³/mol. The van der Waals surface area contributed by atoms with Crippen molar-refractivity contribution in [1.82, 2.24) is 0 Å². The standard InChI is InChI=1S/C17H25NO2S/c1-11-6-12(2)8-14(7-11)20-10-13-4-5-15(17(18)21)16(9-13)19-3/h4-5,9,11-12,14H,6-8,10H2,1-3H3,(H2,18,21). The van der Waals surface area contributed by atoms with Gasteiger partial charge >= 0.3 is 0 Å². The normalized spacial score (nSPS) is 25.6. The molecule has 2 unspecified atom stereocenters. The van der Waals surface area contributed by atoms with Crippen LogP contribution in [0.2, 0.25) is 0 Å². The van der Waals surface area contributed by atoms with Gasteiger partial charge in [-0.3, -0.25) is 0 Å². The van der Waals surface area contributed by atoms with Gasteiger partial charge in [-0.25, -0.2) is 0 Å². The number of thiocarbonyl (C=S) groups is 1. The van der Waals surface area contributed by atoms with Crippen molar-refractivity contribution in [3.63, 3.8) is 0 Å². The SMILES string of the molecule is COc1cc(COC2CC(C)CC(C)C2)ccc1C(N)=S. The van der Waals surface area contributed by atoms with Crippen LogP contribution in [0.4, 0.5) is 0 Å². The molecule has 1 saturated carbocycles. The molecule has 0 saturated heterocycles. The fraction of sp³-hybridized carbons (Fsp3) is 0.588. The first kappa shape index (κ1) is 16.2. The second kappa shape index (κ2) is 7.23. The first-order chi connectivity index (χ1) is 9.99. The van der Waals surface area contributed by atoms with E-state index in [1.165, 1.54) is 6.42 Å². The Hall–Kier alpha value is -1.13. The van der Waals surface area contributed by atoms with Gasteiger partial charge < -0.3 is 15.2 Å². The van der Waals surface area contributed by atoms with Crippen molar-refractivity contribution in [3.05, 3.63) is 29.3 Å². The van der Waals surface area contributed by atoms with Crippen molar-refractivity contribution < 1.29 is 9.47 Å². The minimum atomic E-state index is 0.356. The molecule has 1 aromatic rings. The number of ether oxygens (including phenoxy) is 2. The highest BCUT2D eigenvalue weighted by Crippen LogP contribution is 2.31. The molecule has 0 spiro atoms. The van der Waals surface area contributed by atoms with Gasteiger partial charge in [0, 0.05) is 0 Å². The van der Waals surface area contributed by atoms with Crippen molar-refractivity contribution in [3.8, 4) is 5.75 Å². The highest BCUT2D eigenvalue weighted by molar-refractivity contribution is 7.80. The van der Waals surface area contributed by atoms with Crippen molar-refractivity contribution >= 4 is 17.2 Å². The molecule has 0 aliphatic heterocycles. The predicted octanol–water partition coefficient (Wildman–Crippen LogP) is 3.67. The molecular formula is C17H25NO2S. The van der Waals surface area contributed by atoms with Gasteiger partial charge in [0.1, 0.15) is 10.7 Å². The molecule has 116 valence electrons. The van der Waals surface area contributed by atoms with E-state index in [9.17, 15) is 0 Å². The summed E-state index contributed by atoms with van der Waals surface area (Å²) in [5.74, 6) is 2.23. The van der Waals surface area contributed by atoms with E-state index in [0.717, 1.165) is 35.8 Å². The Balaban J connectivity index is 1.98. The summed E-state index contributed by atoms with van der Waals surface area (Å²) < 4.78 is 11.4. The summed E-state index contributed by atoms with van der Waals surface area (Å²) in [6, 6.07) is 5.88. The number of hydrogen-bond acceptors (Lipinski definition) is 3. The van der Waals surface area contributed by atoms with Crippen LogP contribution in [-0.2, 0) is 11.3 Å². The van der Waals surface area contributed by atoms with E-state index >= 15 is 0 Å². The smallest absolute Gasteiger partial charge is 0.129 e. The van der Waals surface area contributed by atoms with E-state index in [1.54, 1.807) is 7.11 Å². The maximum atomic E-state index is 6.09. The molecule has 3 nitrogen and oxygen atoms in total.